The molecule has 0 bridgehead atoms. The number of hydrogen-bond donors (Lipinski definition) is 1. The lowest BCUT2D eigenvalue weighted by Gasteiger charge is -2.16. The number of anilines is 1. The number of rotatable bonds is 3. The molecule has 0 radical (unpaired) electrons. The van der Waals surface area contributed by atoms with Crippen molar-refractivity contribution in [1.82, 2.24) is 0 Å². The smallest absolute Gasteiger partial charge is 0.255 e. The quantitative estimate of drug-likeness (QED) is 0.864. The zero-order chi connectivity index (χ0) is 15.7. The van der Waals surface area contributed by atoms with Crippen molar-refractivity contribution in [2.75, 3.05) is 11.6 Å². The van der Waals surface area contributed by atoms with E-state index < -0.39 is 5.79 Å². The zero-order valence-corrected chi connectivity index (χ0v) is 13.5. The minimum absolute atomic E-state index is 0.147. The van der Waals surface area contributed by atoms with Crippen LogP contribution in [0.15, 0.2) is 47.4 Å². The highest BCUT2D eigenvalue weighted by Crippen LogP contribution is 2.40. The summed E-state index contributed by atoms with van der Waals surface area (Å²) in [7, 11) is 0. The predicted octanol–water partition coefficient (Wildman–Crippen LogP) is 4.17. The summed E-state index contributed by atoms with van der Waals surface area (Å²) in [6.07, 6.45) is 2.00. The summed E-state index contributed by atoms with van der Waals surface area (Å²) >= 11 is 1.64. The van der Waals surface area contributed by atoms with Crippen LogP contribution in [-0.2, 0) is 0 Å². The number of benzene rings is 2. The third kappa shape index (κ3) is 3.04. The summed E-state index contributed by atoms with van der Waals surface area (Å²) in [5.41, 5.74) is 1.30. The second-order valence-electron chi connectivity index (χ2n) is 5.45. The number of amides is 1. The maximum absolute atomic E-state index is 12.3. The van der Waals surface area contributed by atoms with Crippen LogP contribution in [-0.4, -0.2) is 18.0 Å². The van der Waals surface area contributed by atoms with Crippen molar-refractivity contribution in [1.29, 1.82) is 0 Å². The highest BCUT2D eigenvalue weighted by molar-refractivity contribution is 7.98. The van der Waals surface area contributed by atoms with Gasteiger partial charge in [-0.2, -0.15) is 0 Å². The molecule has 0 unspecified atom stereocenters. The molecule has 2 aromatic rings. The first kappa shape index (κ1) is 14.8. The number of thioether (sulfide) groups is 1. The standard InChI is InChI=1S/C17H17NO3S/c1-17(2)20-14-9-6-12(10-15(14)21-17)18-16(19)11-4-7-13(22-3)8-5-11/h4-10H,1-3H3,(H,18,19). The van der Waals surface area contributed by atoms with Crippen LogP contribution in [0, 0.1) is 0 Å². The normalized spacial score (nSPS) is 14.7. The third-order valence-electron chi connectivity index (χ3n) is 3.27. The molecular weight excluding hydrogens is 298 g/mol. The third-order valence-corrected chi connectivity index (χ3v) is 4.01. The first-order valence-corrected chi connectivity index (χ1v) is 8.17. The average Bonchev–Trinajstić information content (AvgIpc) is 2.80. The van der Waals surface area contributed by atoms with Crippen molar-refractivity contribution >= 4 is 23.4 Å². The van der Waals surface area contributed by atoms with E-state index in [2.05, 4.69) is 5.32 Å². The Morgan fingerprint density at radius 2 is 1.73 bits per heavy atom. The molecule has 0 saturated carbocycles. The Morgan fingerprint density at radius 1 is 1.05 bits per heavy atom. The van der Waals surface area contributed by atoms with E-state index in [4.69, 9.17) is 9.47 Å². The molecule has 0 saturated heterocycles. The maximum atomic E-state index is 12.3. The molecule has 22 heavy (non-hydrogen) atoms. The van der Waals surface area contributed by atoms with Gasteiger partial charge in [0, 0.05) is 36.1 Å². The van der Waals surface area contributed by atoms with Crippen molar-refractivity contribution in [2.24, 2.45) is 0 Å². The van der Waals surface area contributed by atoms with E-state index in [0.717, 1.165) is 4.90 Å². The lowest BCUT2D eigenvalue weighted by Crippen LogP contribution is -2.29. The van der Waals surface area contributed by atoms with E-state index in [0.29, 0.717) is 22.7 Å². The molecule has 114 valence electrons. The van der Waals surface area contributed by atoms with Crippen LogP contribution in [0.4, 0.5) is 5.69 Å². The molecule has 0 atom stereocenters. The Bertz CT molecular complexity index is 710. The second kappa shape index (κ2) is 5.57. The molecule has 1 amide bonds. The van der Waals surface area contributed by atoms with Crippen LogP contribution in [0.1, 0.15) is 24.2 Å². The predicted molar refractivity (Wildman–Crippen MR) is 88.0 cm³/mol. The lowest BCUT2D eigenvalue weighted by molar-refractivity contribution is -0.0431. The monoisotopic (exact) mass is 315 g/mol. The van der Waals surface area contributed by atoms with Crippen LogP contribution in [0.5, 0.6) is 11.5 Å². The molecule has 1 heterocycles. The summed E-state index contributed by atoms with van der Waals surface area (Å²) in [6, 6.07) is 12.9. The molecular formula is C17H17NO3S. The molecule has 3 rings (SSSR count). The Kier molecular flexibility index (Phi) is 3.74. The van der Waals surface area contributed by atoms with Gasteiger partial charge in [-0.1, -0.05) is 0 Å². The van der Waals surface area contributed by atoms with Gasteiger partial charge in [-0.05, 0) is 42.7 Å². The summed E-state index contributed by atoms with van der Waals surface area (Å²) < 4.78 is 11.3. The van der Waals surface area contributed by atoms with Crippen LogP contribution >= 0.6 is 11.8 Å². The Labute approximate surface area is 133 Å². The molecule has 0 fully saturated rings. The number of nitrogens with one attached hydrogen (secondary N) is 1. The first-order valence-electron chi connectivity index (χ1n) is 6.94. The number of ether oxygens (including phenoxy) is 2. The molecule has 0 aliphatic carbocycles. The molecule has 0 aromatic heterocycles. The van der Waals surface area contributed by atoms with Crippen molar-refractivity contribution in [2.45, 2.75) is 24.5 Å². The summed E-state index contributed by atoms with van der Waals surface area (Å²) in [4.78, 5) is 13.4. The van der Waals surface area contributed by atoms with Gasteiger partial charge in [0.25, 0.3) is 5.91 Å². The van der Waals surface area contributed by atoms with Crippen molar-refractivity contribution in [3.05, 3.63) is 48.0 Å². The number of fused-ring (bicyclic) bond motifs is 1. The van der Waals surface area contributed by atoms with Crippen LogP contribution in [0.3, 0.4) is 0 Å². The van der Waals surface area contributed by atoms with E-state index >= 15 is 0 Å². The Hall–Kier alpha value is -2.14. The fourth-order valence-corrected chi connectivity index (χ4v) is 2.65. The van der Waals surface area contributed by atoms with Crippen LogP contribution in [0.2, 0.25) is 0 Å². The van der Waals surface area contributed by atoms with E-state index in [9.17, 15) is 4.79 Å². The van der Waals surface area contributed by atoms with E-state index in [-0.39, 0.29) is 5.91 Å². The summed E-state index contributed by atoms with van der Waals surface area (Å²) in [5, 5.41) is 2.87. The summed E-state index contributed by atoms with van der Waals surface area (Å²) in [6.45, 7) is 3.69. The van der Waals surface area contributed by atoms with Gasteiger partial charge >= 0.3 is 0 Å². The largest absolute Gasteiger partial charge is 0.449 e. The SMILES string of the molecule is CSc1ccc(C(=O)Nc2ccc3c(c2)OC(C)(C)O3)cc1. The van der Waals surface area contributed by atoms with Crippen molar-refractivity contribution in [3.8, 4) is 11.5 Å². The Morgan fingerprint density at radius 3 is 2.41 bits per heavy atom. The molecule has 5 heteroatoms. The fourth-order valence-electron chi connectivity index (χ4n) is 2.25. The number of hydrogen-bond acceptors (Lipinski definition) is 4. The second-order valence-corrected chi connectivity index (χ2v) is 6.33. The van der Waals surface area contributed by atoms with Gasteiger partial charge in [0.05, 0.1) is 0 Å². The van der Waals surface area contributed by atoms with Crippen LogP contribution in [0.25, 0.3) is 0 Å². The highest BCUT2D eigenvalue weighted by atomic mass is 32.2. The summed E-state index contributed by atoms with van der Waals surface area (Å²) in [5.74, 6) is 0.511. The van der Waals surface area contributed by atoms with Crippen molar-refractivity contribution < 1.29 is 14.3 Å². The molecule has 1 aliphatic rings. The minimum Gasteiger partial charge on any atom is -0.449 e. The lowest BCUT2D eigenvalue weighted by atomic mass is 10.2. The van der Waals surface area contributed by atoms with E-state index in [1.54, 1.807) is 30.0 Å². The molecule has 2 aromatic carbocycles. The van der Waals surface area contributed by atoms with E-state index in [1.807, 2.05) is 44.4 Å². The van der Waals surface area contributed by atoms with Gasteiger partial charge in [0.1, 0.15) is 0 Å². The van der Waals surface area contributed by atoms with Gasteiger partial charge in [0.2, 0.25) is 5.79 Å². The number of carbonyl (C=O) groups excluding carboxylic acids is 1. The van der Waals surface area contributed by atoms with Gasteiger partial charge < -0.3 is 14.8 Å². The Balaban J connectivity index is 1.75. The van der Waals surface area contributed by atoms with Gasteiger partial charge in [-0.15, -0.1) is 11.8 Å². The fraction of sp³-hybridized carbons (Fsp3) is 0.235. The van der Waals surface area contributed by atoms with E-state index in [1.165, 1.54) is 0 Å². The minimum atomic E-state index is -0.668. The highest BCUT2D eigenvalue weighted by Gasteiger charge is 2.31. The molecule has 1 N–H and O–H groups in total. The zero-order valence-electron chi connectivity index (χ0n) is 12.7. The average molecular weight is 315 g/mol. The maximum Gasteiger partial charge on any atom is 0.255 e. The van der Waals surface area contributed by atoms with Gasteiger partial charge in [-0.3, -0.25) is 4.79 Å². The molecule has 1 aliphatic heterocycles. The first-order chi connectivity index (χ1) is 10.5. The number of carbonyl (C=O) groups is 1. The van der Waals surface area contributed by atoms with Crippen LogP contribution < -0.4 is 14.8 Å². The van der Waals surface area contributed by atoms with Gasteiger partial charge in [0.15, 0.2) is 11.5 Å². The molecule has 4 nitrogen and oxygen atoms in total. The molecule has 0 spiro atoms. The topological polar surface area (TPSA) is 47.6 Å². The van der Waals surface area contributed by atoms with Crippen molar-refractivity contribution in [3.63, 3.8) is 0 Å². The van der Waals surface area contributed by atoms with Gasteiger partial charge in [-0.25, -0.2) is 0 Å².